The van der Waals surface area contributed by atoms with Crippen LogP contribution in [0.1, 0.15) is 44.6 Å². The van der Waals surface area contributed by atoms with Crippen LogP contribution >= 0.6 is 0 Å². The maximum absolute atomic E-state index is 8.76. The van der Waals surface area contributed by atoms with Gasteiger partial charge in [-0.1, -0.05) is 19.1 Å². The predicted octanol–water partition coefficient (Wildman–Crippen LogP) is 3.25. The van der Waals surface area contributed by atoms with Crippen LogP contribution < -0.4 is 10.2 Å². The molecule has 0 amide bonds. The summed E-state index contributed by atoms with van der Waals surface area (Å²) in [5.74, 6) is 0. The van der Waals surface area contributed by atoms with Crippen LogP contribution in [0.4, 0.5) is 5.69 Å². The summed E-state index contributed by atoms with van der Waals surface area (Å²) in [6.07, 6.45) is 6.93. The van der Waals surface area contributed by atoms with Crippen molar-refractivity contribution in [3.8, 4) is 6.07 Å². The molecule has 1 aromatic carbocycles. The minimum Gasteiger partial charge on any atom is -0.365 e. The van der Waals surface area contributed by atoms with Crippen molar-refractivity contribution in [2.24, 2.45) is 0 Å². The third-order valence-electron chi connectivity index (χ3n) is 4.93. The molecule has 2 atom stereocenters. The van der Waals surface area contributed by atoms with Crippen LogP contribution in [-0.4, -0.2) is 24.7 Å². The second-order valence-electron chi connectivity index (χ2n) is 6.42. The zero-order valence-corrected chi connectivity index (χ0v) is 12.9. The monoisotopic (exact) mass is 283 g/mol. The van der Waals surface area contributed by atoms with Crippen molar-refractivity contribution in [1.82, 2.24) is 5.32 Å². The molecule has 0 aromatic heterocycles. The topological polar surface area (TPSA) is 39.1 Å². The lowest BCUT2D eigenvalue weighted by Gasteiger charge is -2.41. The first-order chi connectivity index (χ1) is 10.3. The Balaban J connectivity index is 1.68. The number of hydrogen-bond donors (Lipinski definition) is 1. The van der Waals surface area contributed by atoms with E-state index in [1.165, 1.54) is 37.8 Å². The zero-order chi connectivity index (χ0) is 14.7. The first kappa shape index (κ1) is 14.4. The number of nitriles is 1. The second-order valence-corrected chi connectivity index (χ2v) is 6.42. The minimum atomic E-state index is 0.510. The van der Waals surface area contributed by atoms with Gasteiger partial charge in [0.2, 0.25) is 0 Å². The summed E-state index contributed by atoms with van der Waals surface area (Å²) in [6.45, 7) is 3.38. The van der Waals surface area contributed by atoms with Gasteiger partial charge in [-0.25, -0.2) is 0 Å². The largest absolute Gasteiger partial charge is 0.365 e. The van der Waals surface area contributed by atoms with Crippen molar-refractivity contribution < 1.29 is 0 Å². The Hall–Kier alpha value is -1.53. The van der Waals surface area contributed by atoms with Crippen molar-refractivity contribution in [3.63, 3.8) is 0 Å². The van der Waals surface area contributed by atoms with Crippen LogP contribution in [0.15, 0.2) is 24.3 Å². The van der Waals surface area contributed by atoms with Crippen LogP contribution in [0.25, 0.3) is 0 Å². The number of anilines is 1. The van der Waals surface area contributed by atoms with Crippen molar-refractivity contribution >= 4 is 5.69 Å². The lowest BCUT2D eigenvalue weighted by molar-refractivity contribution is 0.357. The molecule has 21 heavy (non-hydrogen) atoms. The molecule has 2 aliphatic heterocycles. The van der Waals surface area contributed by atoms with Crippen LogP contribution in [0.3, 0.4) is 0 Å². The molecular formula is C18H25N3. The van der Waals surface area contributed by atoms with Crippen LogP contribution in [0.2, 0.25) is 0 Å². The van der Waals surface area contributed by atoms with Crippen molar-refractivity contribution in [2.75, 3.05) is 11.4 Å². The molecule has 2 heterocycles. The Bertz CT molecular complexity index is 488. The Morgan fingerprint density at radius 2 is 1.86 bits per heavy atom. The molecular weight excluding hydrogens is 258 g/mol. The van der Waals surface area contributed by atoms with E-state index in [-0.39, 0.29) is 0 Å². The van der Waals surface area contributed by atoms with Gasteiger partial charge in [0.15, 0.2) is 0 Å². The molecule has 112 valence electrons. The first-order valence-electron chi connectivity index (χ1n) is 8.29. The van der Waals surface area contributed by atoms with Gasteiger partial charge in [0.1, 0.15) is 0 Å². The smallest absolute Gasteiger partial charge is 0.0669 e. The number of piperidine rings is 1. The Labute approximate surface area is 128 Å². The average molecular weight is 283 g/mol. The molecule has 2 bridgehead atoms. The molecule has 3 nitrogen and oxygen atoms in total. The SMILES string of the molecule is CCCNC1CC2CCC(C1)N2c1ccc(CC#N)cc1. The van der Waals surface area contributed by atoms with Gasteiger partial charge in [0.05, 0.1) is 12.5 Å². The quantitative estimate of drug-likeness (QED) is 0.901. The maximum atomic E-state index is 8.76. The van der Waals surface area contributed by atoms with Crippen molar-refractivity contribution in [3.05, 3.63) is 29.8 Å². The van der Waals surface area contributed by atoms with Gasteiger partial charge >= 0.3 is 0 Å². The van der Waals surface area contributed by atoms with Gasteiger partial charge < -0.3 is 10.2 Å². The van der Waals surface area contributed by atoms with E-state index in [4.69, 9.17) is 5.26 Å². The third-order valence-corrected chi connectivity index (χ3v) is 4.93. The van der Waals surface area contributed by atoms with Crippen LogP contribution in [0, 0.1) is 11.3 Å². The number of benzene rings is 1. The number of nitrogens with one attached hydrogen (secondary N) is 1. The van der Waals surface area contributed by atoms with Gasteiger partial charge in [-0.2, -0.15) is 5.26 Å². The normalized spacial score (nSPS) is 27.6. The van der Waals surface area contributed by atoms with Gasteiger partial charge in [-0.05, 0) is 56.3 Å². The molecule has 0 radical (unpaired) electrons. The number of fused-ring (bicyclic) bond motifs is 2. The number of rotatable bonds is 5. The van der Waals surface area contributed by atoms with Gasteiger partial charge in [0.25, 0.3) is 0 Å². The van der Waals surface area contributed by atoms with Gasteiger partial charge in [0, 0.05) is 23.8 Å². The molecule has 3 rings (SSSR count). The molecule has 0 spiro atoms. The molecule has 2 saturated heterocycles. The lowest BCUT2D eigenvalue weighted by atomic mass is 9.96. The third kappa shape index (κ3) is 3.06. The highest BCUT2D eigenvalue weighted by atomic mass is 15.2. The number of hydrogen-bond acceptors (Lipinski definition) is 3. The number of nitrogens with zero attached hydrogens (tertiary/aromatic N) is 2. The van der Waals surface area contributed by atoms with E-state index in [0.717, 1.165) is 12.1 Å². The molecule has 0 saturated carbocycles. The summed E-state index contributed by atoms with van der Waals surface area (Å²) in [6, 6.07) is 12.9. The summed E-state index contributed by atoms with van der Waals surface area (Å²) >= 11 is 0. The Morgan fingerprint density at radius 3 is 2.43 bits per heavy atom. The average Bonchev–Trinajstić information content (AvgIpc) is 2.77. The standard InChI is InChI=1S/C18H25N3/c1-2-11-20-15-12-17-7-8-18(13-15)21(17)16-5-3-14(4-6-16)9-10-19/h3-6,15,17-18,20H,2,7-9,11-13H2,1H3. The fraction of sp³-hybridized carbons (Fsp3) is 0.611. The Kier molecular flexibility index (Phi) is 4.45. The zero-order valence-electron chi connectivity index (χ0n) is 12.9. The highest BCUT2D eigenvalue weighted by molar-refractivity contribution is 5.51. The minimum absolute atomic E-state index is 0.510. The molecule has 1 aromatic rings. The summed E-state index contributed by atoms with van der Waals surface area (Å²) in [4.78, 5) is 2.64. The van der Waals surface area contributed by atoms with Crippen molar-refractivity contribution in [1.29, 1.82) is 5.26 Å². The van der Waals surface area contributed by atoms with E-state index in [1.807, 2.05) is 0 Å². The lowest BCUT2D eigenvalue weighted by Crippen LogP contribution is -2.49. The van der Waals surface area contributed by atoms with E-state index in [1.54, 1.807) is 0 Å². The van der Waals surface area contributed by atoms with Crippen molar-refractivity contribution in [2.45, 2.75) is 63.6 Å². The molecule has 1 N–H and O–H groups in total. The Morgan fingerprint density at radius 1 is 1.19 bits per heavy atom. The predicted molar refractivity (Wildman–Crippen MR) is 86.4 cm³/mol. The molecule has 2 aliphatic rings. The highest BCUT2D eigenvalue weighted by Crippen LogP contribution is 2.39. The summed E-state index contributed by atoms with van der Waals surface area (Å²) in [7, 11) is 0. The molecule has 0 aliphatic carbocycles. The molecule has 2 unspecified atom stereocenters. The van der Waals surface area contributed by atoms with E-state index in [0.29, 0.717) is 24.5 Å². The van der Waals surface area contributed by atoms with Gasteiger partial charge in [-0.15, -0.1) is 0 Å². The van der Waals surface area contributed by atoms with E-state index < -0.39 is 0 Å². The summed E-state index contributed by atoms with van der Waals surface area (Å²) in [5.41, 5.74) is 2.46. The highest BCUT2D eigenvalue weighted by Gasteiger charge is 2.40. The summed E-state index contributed by atoms with van der Waals surface area (Å²) in [5, 5.41) is 12.5. The van der Waals surface area contributed by atoms with E-state index in [9.17, 15) is 0 Å². The second kappa shape index (κ2) is 6.49. The summed E-state index contributed by atoms with van der Waals surface area (Å²) < 4.78 is 0. The van der Waals surface area contributed by atoms with E-state index >= 15 is 0 Å². The molecule has 3 heteroatoms. The molecule has 2 fully saturated rings. The fourth-order valence-corrected chi connectivity index (χ4v) is 3.99. The van der Waals surface area contributed by atoms with Crippen LogP contribution in [0.5, 0.6) is 0 Å². The van der Waals surface area contributed by atoms with Gasteiger partial charge in [-0.3, -0.25) is 0 Å². The van der Waals surface area contributed by atoms with Crippen LogP contribution in [-0.2, 0) is 6.42 Å². The maximum Gasteiger partial charge on any atom is 0.0669 e. The fourth-order valence-electron chi connectivity index (χ4n) is 3.99. The van der Waals surface area contributed by atoms with E-state index in [2.05, 4.69) is 47.5 Å². The first-order valence-corrected chi connectivity index (χ1v) is 8.29.